The molecule has 1 aliphatic rings. The van der Waals surface area contributed by atoms with Crippen LogP contribution < -0.4 is 0 Å². The molecule has 0 aromatic heterocycles. The third-order valence-electron chi connectivity index (χ3n) is 3.69. The number of halogens is 1. The van der Waals surface area contributed by atoms with Crippen molar-refractivity contribution in [2.75, 3.05) is 32.8 Å². The largest absolute Gasteiger partial charge is 0.456 e. The summed E-state index contributed by atoms with van der Waals surface area (Å²) in [5.74, 6) is -1.32. The van der Waals surface area contributed by atoms with Crippen LogP contribution in [0.3, 0.4) is 0 Å². The smallest absolute Gasteiger partial charge is 0.306 e. The lowest BCUT2D eigenvalue weighted by molar-refractivity contribution is -0.152. The standard InChI is InChI=1S/C15H19FN2O5S/c1-2-15(20)23-11-14(19)17-7-9-18(10-8-17)24(21,22)13-5-3-12(16)4-6-13/h3-6H,2,7-11H2,1H3. The van der Waals surface area contributed by atoms with Crippen molar-refractivity contribution in [3.05, 3.63) is 30.1 Å². The number of carbonyl (C=O) groups is 2. The second-order valence-corrected chi connectivity index (χ2v) is 7.19. The van der Waals surface area contributed by atoms with Gasteiger partial charge in [-0.2, -0.15) is 4.31 Å². The Morgan fingerprint density at radius 3 is 2.25 bits per heavy atom. The molecule has 0 aliphatic carbocycles. The fourth-order valence-electron chi connectivity index (χ4n) is 2.27. The number of piperazine rings is 1. The molecule has 1 amide bonds. The highest BCUT2D eigenvalue weighted by molar-refractivity contribution is 7.89. The Hall–Kier alpha value is -2.00. The van der Waals surface area contributed by atoms with E-state index in [0.717, 1.165) is 12.1 Å². The van der Waals surface area contributed by atoms with Gasteiger partial charge in [0.25, 0.3) is 5.91 Å². The average molecular weight is 358 g/mol. The molecule has 0 atom stereocenters. The van der Waals surface area contributed by atoms with Gasteiger partial charge in [0.2, 0.25) is 10.0 Å². The highest BCUT2D eigenvalue weighted by Crippen LogP contribution is 2.18. The number of amides is 1. The van der Waals surface area contributed by atoms with Crippen LogP contribution in [0.1, 0.15) is 13.3 Å². The lowest BCUT2D eigenvalue weighted by atomic mass is 10.3. The van der Waals surface area contributed by atoms with Crippen molar-refractivity contribution in [3.63, 3.8) is 0 Å². The van der Waals surface area contributed by atoms with E-state index in [4.69, 9.17) is 4.74 Å². The van der Waals surface area contributed by atoms with Crippen molar-refractivity contribution in [1.29, 1.82) is 0 Å². The van der Waals surface area contributed by atoms with Crippen LogP contribution in [0.5, 0.6) is 0 Å². The fourth-order valence-corrected chi connectivity index (χ4v) is 3.69. The maximum atomic E-state index is 12.9. The third-order valence-corrected chi connectivity index (χ3v) is 5.60. The van der Waals surface area contributed by atoms with Crippen LogP contribution >= 0.6 is 0 Å². The maximum absolute atomic E-state index is 12.9. The second kappa shape index (κ2) is 7.71. The molecule has 0 saturated carbocycles. The quantitative estimate of drug-likeness (QED) is 0.720. The number of ether oxygens (including phenoxy) is 1. The highest BCUT2D eigenvalue weighted by atomic mass is 32.2. The number of benzene rings is 1. The van der Waals surface area contributed by atoms with Gasteiger partial charge in [-0.25, -0.2) is 12.8 Å². The number of hydrogen-bond acceptors (Lipinski definition) is 5. The maximum Gasteiger partial charge on any atom is 0.306 e. The van der Waals surface area contributed by atoms with E-state index in [2.05, 4.69) is 0 Å². The van der Waals surface area contributed by atoms with Crippen molar-refractivity contribution >= 4 is 21.9 Å². The van der Waals surface area contributed by atoms with Gasteiger partial charge in [-0.1, -0.05) is 6.92 Å². The number of esters is 1. The van der Waals surface area contributed by atoms with Gasteiger partial charge in [0.05, 0.1) is 4.90 Å². The minimum atomic E-state index is -3.71. The molecule has 0 radical (unpaired) electrons. The molecule has 2 rings (SSSR count). The Labute approximate surface area is 140 Å². The van der Waals surface area contributed by atoms with Crippen LogP contribution in [-0.4, -0.2) is 62.3 Å². The summed E-state index contributed by atoms with van der Waals surface area (Å²) < 4.78 is 43.9. The zero-order chi connectivity index (χ0) is 17.7. The van der Waals surface area contributed by atoms with Crippen molar-refractivity contribution in [2.24, 2.45) is 0 Å². The Bertz CT molecular complexity index is 697. The summed E-state index contributed by atoms with van der Waals surface area (Å²) in [6.07, 6.45) is 0.191. The van der Waals surface area contributed by atoms with Crippen LogP contribution in [0.2, 0.25) is 0 Å². The molecule has 1 aliphatic heterocycles. The molecular formula is C15H19FN2O5S. The first kappa shape index (κ1) is 18.3. The van der Waals surface area contributed by atoms with E-state index in [1.165, 1.54) is 21.3 Å². The minimum absolute atomic E-state index is 0.0144. The van der Waals surface area contributed by atoms with E-state index in [9.17, 15) is 22.4 Å². The van der Waals surface area contributed by atoms with E-state index >= 15 is 0 Å². The molecule has 24 heavy (non-hydrogen) atoms. The molecular weight excluding hydrogens is 339 g/mol. The number of sulfonamides is 1. The SMILES string of the molecule is CCC(=O)OCC(=O)N1CCN(S(=O)(=O)c2ccc(F)cc2)CC1. The van der Waals surface area contributed by atoms with Gasteiger partial charge < -0.3 is 9.64 Å². The van der Waals surface area contributed by atoms with E-state index in [1.807, 2.05) is 0 Å². The summed E-state index contributed by atoms with van der Waals surface area (Å²) in [7, 11) is -3.71. The summed E-state index contributed by atoms with van der Waals surface area (Å²) in [5.41, 5.74) is 0. The summed E-state index contributed by atoms with van der Waals surface area (Å²) >= 11 is 0. The van der Waals surface area contributed by atoms with Gasteiger partial charge in [0, 0.05) is 32.6 Å². The summed E-state index contributed by atoms with van der Waals surface area (Å²) in [6.45, 7) is 1.98. The second-order valence-electron chi connectivity index (χ2n) is 5.25. The van der Waals surface area contributed by atoms with Gasteiger partial charge in [-0.05, 0) is 24.3 Å². The van der Waals surface area contributed by atoms with Crippen LogP contribution in [0.25, 0.3) is 0 Å². The predicted octanol–water partition coefficient (Wildman–Crippen LogP) is 0.612. The monoisotopic (exact) mass is 358 g/mol. The van der Waals surface area contributed by atoms with Gasteiger partial charge >= 0.3 is 5.97 Å². The fraction of sp³-hybridized carbons (Fsp3) is 0.467. The van der Waals surface area contributed by atoms with E-state index in [1.54, 1.807) is 6.92 Å². The summed E-state index contributed by atoms with van der Waals surface area (Å²) in [4.78, 5) is 24.4. The van der Waals surface area contributed by atoms with Gasteiger partial charge in [-0.15, -0.1) is 0 Å². The molecule has 1 saturated heterocycles. The van der Waals surface area contributed by atoms with Gasteiger partial charge in [0.15, 0.2) is 6.61 Å². The van der Waals surface area contributed by atoms with Gasteiger partial charge in [0.1, 0.15) is 5.82 Å². The van der Waals surface area contributed by atoms with Crippen LogP contribution in [0.15, 0.2) is 29.2 Å². The molecule has 1 aromatic rings. The Morgan fingerprint density at radius 1 is 1.12 bits per heavy atom. The summed E-state index contributed by atoms with van der Waals surface area (Å²) in [6, 6.07) is 4.61. The zero-order valence-electron chi connectivity index (χ0n) is 13.3. The van der Waals surface area contributed by atoms with Crippen molar-refractivity contribution < 1.29 is 27.1 Å². The lowest BCUT2D eigenvalue weighted by Crippen LogP contribution is -2.51. The molecule has 0 unspecified atom stereocenters. The van der Waals surface area contributed by atoms with Crippen molar-refractivity contribution in [1.82, 2.24) is 9.21 Å². The van der Waals surface area contributed by atoms with Crippen LogP contribution in [0.4, 0.5) is 4.39 Å². The van der Waals surface area contributed by atoms with Crippen LogP contribution in [0, 0.1) is 5.82 Å². The number of carbonyl (C=O) groups excluding carboxylic acids is 2. The van der Waals surface area contributed by atoms with E-state index in [-0.39, 0.29) is 50.0 Å². The van der Waals surface area contributed by atoms with Gasteiger partial charge in [-0.3, -0.25) is 9.59 Å². The van der Waals surface area contributed by atoms with Crippen LogP contribution in [-0.2, 0) is 24.3 Å². The Morgan fingerprint density at radius 2 is 1.71 bits per heavy atom. The predicted molar refractivity (Wildman–Crippen MR) is 83.0 cm³/mol. The topological polar surface area (TPSA) is 84.0 Å². The Balaban J connectivity index is 1.93. The molecule has 0 spiro atoms. The minimum Gasteiger partial charge on any atom is -0.456 e. The van der Waals surface area contributed by atoms with E-state index in [0.29, 0.717) is 0 Å². The molecule has 132 valence electrons. The normalized spacial score (nSPS) is 16.0. The van der Waals surface area contributed by atoms with Crippen molar-refractivity contribution in [3.8, 4) is 0 Å². The molecule has 0 N–H and O–H groups in total. The number of rotatable bonds is 5. The first-order chi connectivity index (χ1) is 11.3. The lowest BCUT2D eigenvalue weighted by Gasteiger charge is -2.33. The van der Waals surface area contributed by atoms with E-state index < -0.39 is 21.8 Å². The average Bonchev–Trinajstić information content (AvgIpc) is 2.59. The zero-order valence-corrected chi connectivity index (χ0v) is 14.1. The number of nitrogens with zero attached hydrogens (tertiary/aromatic N) is 2. The summed E-state index contributed by atoms with van der Waals surface area (Å²) in [5, 5.41) is 0. The Kier molecular flexibility index (Phi) is 5.89. The molecule has 1 fully saturated rings. The molecule has 7 nitrogen and oxygen atoms in total. The molecule has 9 heteroatoms. The number of hydrogen-bond donors (Lipinski definition) is 0. The molecule has 1 aromatic carbocycles. The first-order valence-corrected chi connectivity index (χ1v) is 8.97. The third kappa shape index (κ3) is 4.30. The highest BCUT2D eigenvalue weighted by Gasteiger charge is 2.30. The first-order valence-electron chi connectivity index (χ1n) is 7.53. The molecule has 1 heterocycles. The molecule has 0 bridgehead atoms. The van der Waals surface area contributed by atoms with Crippen molar-refractivity contribution in [2.45, 2.75) is 18.2 Å².